The summed E-state index contributed by atoms with van der Waals surface area (Å²) >= 11 is 0. The molecule has 1 unspecified atom stereocenters. The molecule has 6 nitrogen and oxygen atoms in total. The van der Waals surface area contributed by atoms with E-state index in [1.165, 1.54) is 6.26 Å². The summed E-state index contributed by atoms with van der Waals surface area (Å²) in [5.74, 6) is 0. The fourth-order valence-corrected chi connectivity index (χ4v) is 1.70. The first-order valence-electron chi connectivity index (χ1n) is 4.71. The summed E-state index contributed by atoms with van der Waals surface area (Å²) in [6, 6.07) is 0.414. The second-order valence-electron chi connectivity index (χ2n) is 3.44. The van der Waals surface area contributed by atoms with Crippen LogP contribution in [0, 0.1) is 0 Å². The minimum Gasteiger partial charge on any atom is -0.431 e. The van der Waals surface area contributed by atoms with Crippen LogP contribution < -0.4 is 5.32 Å². The molecule has 78 valence electrons. The summed E-state index contributed by atoms with van der Waals surface area (Å²) < 4.78 is 6.66. The van der Waals surface area contributed by atoms with Gasteiger partial charge in [-0.2, -0.15) is 9.78 Å². The molecule has 0 saturated heterocycles. The van der Waals surface area contributed by atoms with E-state index in [9.17, 15) is 5.11 Å². The van der Waals surface area contributed by atoms with Crippen molar-refractivity contribution >= 4 is 0 Å². The normalized spacial score (nSPS) is 20.2. The van der Waals surface area contributed by atoms with E-state index in [2.05, 4.69) is 15.4 Å². The quantitative estimate of drug-likeness (QED) is 0.686. The number of aliphatic hydroxyl groups is 1. The Morgan fingerprint density at radius 2 is 2.53 bits per heavy atom. The molecule has 0 amide bonds. The van der Waals surface area contributed by atoms with Gasteiger partial charge in [-0.25, -0.2) is 4.98 Å². The summed E-state index contributed by atoms with van der Waals surface area (Å²) in [5, 5.41) is 17.1. The molecule has 2 aromatic heterocycles. The van der Waals surface area contributed by atoms with Crippen LogP contribution in [0.5, 0.6) is 0 Å². The number of rotatable bonds is 1. The minimum absolute atomic E-state index is 0.414. The van der Waals surface area contributed by atoms with Crippen LogP contribution in [-0.4, -0.2) is 26.4 Å². The van der Waals surface area contributed by atoms with Gasteiger partial charge in [0, 0.05) is 24.8 Å². The number of β-amino-alcohol motifs (C(OH)–C–C–N with tert-alkyl or cyclic N) is 1. The van der Waals surface area contributed by atoms with E-state index in [4.69, 9.17) is 4.42 Å². The van der Waals surface area contributed by atoms with Gasteiger partial charge in [0.25, 0.3) is 0 Å². The van der Waals surface area contributed by atoms with Crippen molar-refractivity contribution in [2.45, 2.75) is 12.6 Å². The molecule has 6 heteroatoms. The lowest BCUT2D eigenvalue weighted by molar-refractivity contribution is 0.165. The van der Waals surface area contributed by atoms with Crippen LogP contribution >= 0.6 is 0 Å². The molecule has 0 fully saturated rings. The maximum atomic E-state index is 9.71. The average molecular weight is 206 g/mol. The number of nitrogens with zero attached hydrogens (tertiary/aromatic N) is 3. The standard InChI is InChI=1S/C9H10N4O2/c14-8-4-10-3-7-6(8)5-13(12-7)9-11-1-2-15-9/h1-2,5,8,10,14H,3-4H2. The predicted molar refractivity (Wildman–Crippen MR) is 50.3 cm³/mol. The fourth-order valence-electron chi connectivity index (χ4n) is 1.70. The second-order valence-corrected chi connectivity index (χ2v) is 3.44. The van der Waals surface area contributed by atoms with E-state index in [0.717, 1.165) is 11.3 Å². The number of aromatic nitrogens is 3. The Morgan fingerprint density at radius 1 is 1.60 bits per heavy atom. The van der Waals surface area contributed by atoms with E-state index in [-0.39, 0.29) is 0 Å². The summed E-state index contributed by atoms with van der Waals surface area (Å²) in [5.41, 5.74) is 1.68. The highest BCUT2D eigenvalue weighted by molar-refractivity contribution is 5.25. The third kappa shape index (κ3) is 1.34. The highest BCUT2D eigenvalue weighted by atomic mass is 16.4. The van der Waals surface area contributed by atoms with Crippen LogP contribution in [0.3, 0.4) is 0 Å². The molecule has 15 heavy (non-hydrogen) atoms. The number of fused-ring (bicyclic) bond motifs is 1. The summed E-state index contributed by atoms with van der Waals surface area (Å²) in [6.45, 7) is 1.23. The Morgan fingerprint density at radius 3 is 3.27 bits per heavy atom. The molecule has 1 atom stereocenters. The number of hydrogen-bond acceptors (Lipinski definition) is 5. The van der Waals surface area contributed by atoms with Crippen molar-refractivity contribution in [2.24, 2.45) is 0 Å². The monoisotopic (exact) mass is 206 g/mol. The van der Waals surface area contributed by atoms with Gasteiger partial charge in [0.1, 0.15) is 6.26 Å². The molecule has 1 aliphatic rings. The van der Waals surface area contributed by atoms with Crippen LogP contribution in [0.15, 0.2) is 23.1 Å². The first-order valence-corrected chi connectivity index (χ1v) is 4.71. The van der Waals surface area contributed by atoms with E-state index < -0.39 is 6.10 Å². The van der Waals surface area contributed by atoms with E-state index in [1.54, 1.807) is 17.1 Å². The van der Waals surface area contributed by atoms with Crippen molar-refractivity contribution in [3.05, 3.63) is 29.9 Å². The van der Waals surface area contributed by atoms with Crippen molar-refractivity contribution in [1.29, 1.82) is 0 Å². The highest BCUT2D eigenvalue weighted by Crippen LogP contribution is 2.21. The average Bonchev–Trinajstić information content (AvgIpc) is 2.86. The smallest absolute Gasteiger partial charge is 0.322 e. The van der Waals surface area contributed by atoms with Gasteiger partial charge < -0.3 is 14.8 Å². The maximum absolute atomic E-state index is 9.71. The molecule has 2 aromatic rings. The minimum atomic E-state index is -0.502. The molecule has 0 aromatic carbocycles. The first kappa shape index (κ1) is 8.63. The Kier molecular flexibility index (Phi) is 1.83. The van der Waals surface area contributed by atoms with Gasteiger partial charge in [-0.05, 0) is 0 Å². The number of aliphatic hydroxyl groups excluding tert-OH is 1. The Bertz CT molecular complexity index is 462. The highest BCUT2D eigenvalue weighted by Gasteiger charge is 2.22. The van der Waals surface area contributed by atoms with Crippen LogP contribution in [-0.2, 0) is 6.54 Å². The van der Waals surface area contributed by atoms with Gasteiger partial charge in [-0.1, -0.05) is 0 Å². The van der Waals surface area contributed by atoms with Gasteiger partial charge in [0.15, 0.2) is 0 Å². The SMILES string of the molecule is OC1CNCc2nn(-c3ncco3)cc21. The van der Waals surface area contributed by atoms with Crippen molar-refractivity contribution in [2.75, 3.05) is 6.54 Å². The summed E-state index contributed by atoms with van der Waals surface area (Å²) in [7, 11) is 0. The first-order chi connectivity index (χ1) is 7.34. The lowest BCUT2D eigenvalue weighted by Crippen LogP contribution is -2.27. The Balaban J connectivity index is 2.06. The molecule has 0 spiro atoms. The lowest BCUT2D eigenvalue weighted by Gasteiger charge is -2.16. The van der Waals surface area contributed by atoms with Gasteiger partial charge in [0.05, 0.1) is 18.0 Å². The maximum Gasteiger partial charge on any atom is 0.322 e. The second kappa shape index (κ2) is 3.18. The van der Waals surface area contributed by atoms with Crippen molar-refractivity contribution in [3.8, 4) is 6.01 Å². The zero-order valence-corrected chi connectivity index (χ0v) is 7.92. The molecule has 1 aliphatic heterocycles. The van der Waals surface area contributed by atoms with Gasteiger partial charge in [-0.3, -0.25) is 0 Å². The van der Waals surface area contributed by atoms with E-state index in [0.29, 0.717) is 19.1 Å². The van der Waals surface area contributed by atoms with Gasteiger partial charge >= 0.3 is 6.01 Å². The fraction of sp³-hybridized carbons (Fsp3) is 0.333. The number of nitrogens with one attached hydrogen (secondary N) is 1. The van der Waals surface area contributed by atoms with Crippen molar-refractivity contribution in [3.63, 3.8) is 0 Å². The molecular formula is C9H10N4O2. The summed E-state index contributed by atoms with van der Waals surface area (Å²) in [6.07, 6.45) is 4.31. The third-order valence-electron chi connectivity index (χ3n) is 2.43. The molecule has 2 N–H and O–H groups in total. The van der Waals surface area contributed by atoms with Crippen LogP contribution in [0.1, 0.15) is 17.4 Å². The van der Waals surface area contributed by atoms with Gasteiger partial charge in [0.2, 0.25) is 0 Å². The topological polar surface area (TPSA) is 76.1 Å². The third-order valence-corrected chi connectivity index (χ3v) is 2.43. The molecule has 3 rings (SSSR count). The van der Waals surface area contributed by atoms with E-state index >= 15 is 0 Å². The molecule has 0 bridgehead atoms. The molecular weight excluding hydrogens is 196 g/mol. The van der Waals surface area contributed by atoms with Crippen molar-refractivity contribution in [1.82, 2.24) is 20.1 Å². The van der Waals surface area contributed by atoms with Crippen LogP contribution in [0.4, 0.5) is 0 Å². The van der Waals surface area contributed by atoms with Crippen molar-refractivity contribution < 1.29 is 9.52 Å². The summed E-state index contributed by atoms with van der Waals surface area (Å²) in [4.78, 5) is 3.99. The van der Waals surface area contributed by atoms with Crippen LogP contribution in [0.25, 0.3) is 6.01 Å². The Labute approximate surface area is 85.5 Å². The lowest BCUT2D eigenvalue weighted by atomic mass is 10.1. The van der Waals surface area contributed by atoms with Gasteiger partial charge in [-0.15, -0.1) is 0 Å². The molecule has 3 heterocycles. The van der Waals surface area contributed by atoms with E-state index in [1.807, 2.05) is 0 Å². The zero-order valence-electron chi connectivity index (χ0n) is 7.92. The predicted octanol–water partition coefficient (Wildman–Crippen LogP) is -0.00310. The zero-order chi connectivity index (χ0) is 10.3. The Hall–Kier alpha value is -1.66. The number of oxazole rings is 1. The molecule has 0 saturated carbocycles. The largest absolute Gasteiger partial charge is 0.431 e. The van der Waals surface area contributed by atoms with Crippen LogP contribution in [0.2, 0.25) is 0 Å². The molecule has 0 radical (unpaired) electrons. The molecule has 0 aliphatic carbocycles. The number of hydrogen-bond donors (Lipinski definition) is 2.